The Morgan fingerprint density at radius 3 is 3.08 bits per heavy atom. The number of carbonyl (C=O) groups excluding carboxylic acids is 1. The van der Waals surface area contributed by atoms with E-state index in [9.17, 15) is 4.79 Å². The van der Waals surface area contributed by atoms with Gasteiger partial charge in [0.25, 0.3) is 5.91 Å². The minimum atomic E-state index is 0.0845. The third kappa shape index (κ3) is 2.96. The number of nitrogens with zero attached hydrogens (tertiary/aromatic N) is 4. The van der Waals surface area contributed by atoms with Gasteiger partial charge < -0.3 is 15.2 Å². The molecule has 1 aliphatic rings. The van der Waals surface area contributed by atoms with Gasteiger partial charge in [0.15, 0.2) is 5.13 Å². The Morgan fingerprint density at radius 1 is 1.42 bits per heavy atom. The monoisotopic (exact) mass is 369 g/mol. The number of anilines is 1. The molecule has 136 valence electrons. The van der Waals surface area contributed by atoms with Crippen molar-refractivity contribution in [3.63, 3.8) is 0 Å². The van der Waals surface area contributed by atoms with Crippen molar-refractivity contribution < 1.29 is 4.79 Å². The number of hydrogen-bond acceptors (Lipinski definition) is 5. The van der Waals surface area contributed by atoms with E-state index >= 15 is 0 Å². The summed E-state index contributed by atoms with van der Waals surface area (Å²) in [5.74, 6) is 1.47. The smallest absolute Gasteiger partial charge is 0.253 e. The summed E-state index contributed by atoms with van der Waals surface area (Å²) in [6.45, 7) is 6.52. The lowest BCUT2D eigenvalue weighted by Crippen LogP contribution is -2.39. The van der Waals surface area contributed by atoms with E-state index in [1.165, 1.54) is 11.3 Å². The Morgan fingerprint density at radius 2 is 2.27 bits per heavy atom. The van der Waals surface area contributed by atoms with Crippen LogP contribution in [0.15, 0.2) is 24.5 Å². The zero-order valence-corrected chi connectivity index (χ0v) is 15.9. The van der Waals surface area contributed by atoms with E-state index in [1.54, 1.807) is 0 Å². The molecule has 0 radical (unpaired) electrons. The van der Waals surface area contributed by atoms with Crippen molar-refractivity contribution in [3.05, 3.63) is 41.5 Å². The summed E-state index contributed by atoms with van der Waals surface area (Å²) in [6, 6.07) is 3.86. The van der Waals surface area contributed by atoms with E-state index in [4.69, 9.17) is 5.73 Å². The molecule has 3 heterocycles. The molecule has 1 atom stereocenters. The fourth-order valence-corrected chi connectivity index (χ4v) is 4.69. The quantitative estimate of drug-likeness (QED) is 0.767. The average molecular weight is 369 g/mol. The van der Waals surface area contributed by atoms with E-state index in [1.807, 2.05) is 36.4 Å². The Kier molecular flexibility index (Phi) is 4.40. The number of thiazole rings is 1. The summed E-state index contributed by atoms with van der Waals surface area (Å²) in [5.41, 5.74) is 8.44. The number of rotatable bonds is 3. The number of imidazole rings is 1. The van der Waals surface area contributed by atoms with Crippen molar-refractivity contribution in [1.82, 2.24) is 19.4 Å². The molecule has 2 N–H and O–H groups in total. The maximum atomic E-state index is 13.1. The summed E-state index contributed by atoms with van der Waals surface area (Å²) < 4.78 is 3.15. The predicted octanol–water partition coefficient (Wildman–Crippen LogP) is 3.42. The molecule has 1 saturated heterocycles. The number of aromatic nitrogens is 3. The number of piperidine rings is 1. The number of fused-ring (bicyclic) bond motifs is 1. The number of hydrogen-bond donors (Lipinski definition) is 1. The first-order chi connectivity index (χ1) is 12.6. The van der Waals surface area contributed by atoms with Crippen LogP contribution in [0.1, 0.15) is 47.4 Å². The van der Waals surface area contributed by atoms with E-state index in [-0.39, 0.29) is 5.91 Å². The molecule has 0 aliphatic carbocycles. The second-order valence-electron chi connectivity index (χ2n) is 6.85. The SMILES string of the molecule is CCn1ccnc1[C@@H]1CCCN(C(=O)c2cc(C)c3nc(N)sc3c2)C1. The largest absolute Gasteiger partial charge is 0.375 e. The number of nitrogen functional groups attached to an aromatic ring is 1. The molecule has 0 saturated carbocycles. The molecule has 2 aromatic heterocycles. The van der Waals surface area contributed by atoms with Gasteiger partial charge in [-0.2, -0.15) is 0 Å². The summed E-state index contributed by atoms with van der Waals surface area (Å²) in [6.07, 6.45) is 5.94. The molecule has 4 rings (SSSR count). The van der Waals surface area contributed by atoms with Gasteiger partial charge in [-0.15, -0.1) is 0 Å². The van der Waals surface area contributed by atoms with Crippen molar-refractivity contribution in [1.29, 1.82) is 0 Å². The molecular weight excluding hydrogens is 346 g/mol. The Labute approximate surface area is 156 Å². The minimum Gasteiger partial charge on any atom is -0.375 e. The van der Waals surface area contributed by atoms with Gasteiger partial charge in [-0.1, -0.05) is 11.3 Å². The predicted molar refractivity (Wildman–Crippen MR) is 105 cm³/mol. The van der Waals surface area contributed by atoms with Crippen LogP contribution in [0.2, 0.25) is 0 Å². The van der Waals surface area contributed by atoms with Crippen LogP contribution < -0.4 is 5.73 Å². The molecule has 7 heteroatoms. The van der Waals surface area contributed by atoms with Gasteiger partial charge in [0, 0.05) is 43.5 Å². The Bertz CT molecular complexity index is 960. The molecule has 1 aromatic carbocycles. The number of amides is 1. The lowest BCUT2D eigenvalue weighted by molar-refractivity contribution is 0.0703. The van der Waals surface area contributed by atoms with Crippen LogP contribution >= 0.6 is 11.3 Å². The van der Waals surface area contributed by atoms with E-state index < -0.39 is 0 Å². The normalized spacial score (nSPS) is 17.8. The lowest BCUT2D eigenvalue weighted by Gasteiger charge is -2.32. The van der Waals surface area contributed by atoms with Crippen molar-refractivity contribution in [2.45, 2.75) is 39.2 Å². The van der Waals surface area contributed by atoms with Crippen LogP contribution in [0.5, 0.6) is 0 Å². The number of carbonyl (C=O) groups is 1. The maximum Gasteiger partial charge on any atom is 0.253 e. The zero-order chi connectivity index (χ0) is 18.3. The highest BCUT2D eigenvalue weighted by molar-refractivity contribution is 7.22. The topological polar surface area (TPSA) is 77.0 Å². The number of benzene rings is 1. The Balaban J connectivity index is 1.60. The van der Waals surface area contributed by atoms with Crippen molar-refractivity contribution >= 4 is 32.6 Å². The van der Waals surface area contributed by atoms with Gasteiger partial charge in [0.2, 0.25) is 0 Å². The maximum absolute atomic E-state index is 13.1. The molecule has 0 unspecified atom stereocenters. The molecule has 0 spiro atoms. The van der Waals surface area contributed by atoms with Gasteiger partial charge in [-0.05, 0) is 44.4 Å². The second kappa shape index (κ2) is 6.72. The van der Waals surface area contributed by atoms with Crippen LogP contribution in [0.25, 0.3) is 10.2 Å². The first-order valence-corrected chi connectivity index (χ1v) is 9.85. The highest BCUT2D eigenvalue weighted by Gasteiger charge is 2.28. The summed E-state index contributed by atoms with van der Waals surface area (Å²) >= 11 is 1.43. The fraction of sp³-hybridized carbons (Fsp3) is 0.421. The fourth-order valence-electron chi connectivity index (χ4n) is 3.84. The molecule has 1 amide bonds. The first-order valence-electron chi connectivity index (χ1n) is 9.03. The molecule has 1 aliphatic heterocycles. The van der Waals surface area contributed by atoms with E-state index in [2.05, 4.69) is 21.5 Å². The van der Waals surface area contributed by atoms with Crippen LogP contribution in [0.4, 0.5) is 5.13 Å². The van der Waals surface area contributed by atoms with Crippen LogP contribution in [-0.4, -0.2) is 38.4 Å². The summed E-state index contributed by atoms with van der Waals surface area (Å²) in [7, 11) is 0. The van der Waals surface area contributed by atoms with Crippen LogP contribution in [0, 0.1) is 6.92 Å². The Hall–Kier alpha value is -2.41. The van der Waals surface area contributed by atoms with E-state index in [0.717, 1.165) is 59.6 Å². The number of likely N-dealkylation sites (tertiary alicyclic amines) is 1. The molecule has 26 heavy (non-hydrogen) atoms. The van der Waals surface area contributed by atoms with Gasteiger partial charge in [-0.3, -0.25) is 4.79 Å². The second-order valence-corrected chi connectivity index (χ2v) is 7.92. The van der Waals surface area contributed by atoms with Crippen molar-refractivity contribution in [2.24, 2.45) is 0 Å². The molecular formula is C19H23N5OS. The third-order valence-electron chi connectivity index (χ3n) is 5.11. The van der Waals surface area contributed by atoms with Gasteiger partial charge >= 0.3 is 0 Å². The zero-order valence-electron chi connectivity index (χ0n) is 15.1. The minimum absolute atomic E-state index is 0.0845. The van der Waals surface area contributed by atoms with Crippen LogP contribution in [0.3, 0.4) is 0 Å². The highest BCUT2D eigenvalue weighted by Crippen LogP contribution is 2.30. The van der Waals surface area contributed by atoms with Crippen LogP contribution in [-0.2, 0) is 6.54 Å². The molecule has 6 nitrogen and oxygen atoms in total. The van der Waals surface area contributed by atoms with Gasteiger partial charge in [0.1, 0.15) is 5.82 Å². The third-order valence-corrected chi connectivity index (χ3v) is 5.94. The lowest BCUT2D eigenvalue weighted by atomic mass is 9.96. The average Bonchev–Trinajstić information content (AvgIpc) is 3.27. The number of aryl methyl sites for hydroxylation is 2. The molecule has 0 bridgehead atoms. The standard InChI is InChI=1S/C19H23N5OS/c1-3-23-8-6-21-17(23)13-5-4-7-24(11-13)18(25)14-9-12(2)16-15(10-14)26-19(20)22-16/h6,8-10,13H,3-5,7,11H2,1-2H3,(H2,20,22)/t13-/m1/s1. The van der Waals surface area contributed by atoms with E-state index in [0.29, 0.717) is 11.0 Å². The first kappa shape index (κ1) is 17.0. The summed E-state index contributed by atoms with van der Waals surface area (Å²) in [5, 5.41) is 0.539. The molecule has 3 aromatic rings. The van der Waals surface area contributed by atoms with Gasteiger partial charge in [0.05, 0.1) is 10.2 Å². The number of nitrogens with two attached hydrogens (primary N) is 1. The highest BCUT2D eigenvalue weighted by atomic mass is 32.1. The van der Waals surface area contributed by atoms with Crippen molar-refractivity contribution in [2.75, 3.05) is 18.8 Å². The van der Waals surface area contributed by atoms with Crippen molar-refractivity contribution in [3.8, 4) is 0 Å². The molecule has 1 fully saturated rings. The summed E-state index contributed by atoms with van der Waals surface area (Å²) in [4.78, 5) is 24.0. The van der Waals surface area contributed by atoms with Gasteiger partial charge in [-0.25, -0.2) is 9.97 Å².